The molecule has 8 heteroatoms. The molecule has 0 saturated heterocycles. The summed E-state index contributed by atoms with van der Waals surface area (Å²) in [5.41, 5.74) is 0.696. The van der Waals surface area contributed by atoms with E-state index in [1.807, 2.05) is 6.92 Å². The van der Waals surface area contributed by atoms with Crippen LogP contribution in [0.1, 0.15) is 25.3 Å². The van der Waals surface area contributed by atoms with Crippen molar-refractivity contribution in [3.63, 3.8) is 0 Å². The van der Waals surface area contributed by atoms with Gasteiger partial charge in [-0.1, -0.05) is 48.7 Å². The highest BCUT2D eigenvalue weighted by atomic mass is 35.5. The number of rotatable bonds is 9. The highest BCUT2D eigenvalue weighted by Gasteiger charge is 2.27. The third kappa shape index (κ3) is 6.50. The fourth-order valence-corrected chi connectivity index (χ4v) is 4.16. The molecule has 0 bridgehead atoms. The van der Waals surface area contributed by atoms with Crippen molar-refractivity contribution in [2.45, 2.75) is 31.2 Å². The number of benzene rings is 2. The Labute approximate surface area is 170 Å². The maximum Gasteiger partial charge on any atom is 0.243 e. The molecule has 5 nitrogen and oxygen atoms in total. The van der Waals surface area contributed by atoms with Crippen LogP contribution in [0.4, 0.5) is 0 Å². The number of nitrogens with zero attached hydrogens (tertiary/aromatic N) is 1. The summed E-state index contributed by atoms with van der Waals surface area (Å²) in [5.74, 6) is -0.344. The first-order valence-electron chi connectivity index (χ1n) is 8.60. The minimum Gasteiger partial charge on any atom is -0.355 e. The molecule has 1 amide bonds. The van der Waals surface area contributed by atoms with E-state index in [4.69, 9.17) is 23.2 Å². The van der Waals surface area contributed by atoms with Crippen LogP contribution in [0.5, 0.6) is 0 Å². The maximum atomic E-state index is 13.1. The fourth-order valence-electron chi connectivity index (χ4n) is 2.44. The molecule has 0 aliphatic carbocycles. The van der Waals surface area contributed by atoms with Crippen molar-refractivity contribution in [1.82, 2.24) is 9.62 Å². The monoisotopic (exact) mass is 428 g/mol. The molecule has 27 heavy (non-hydrogen) atoms. The van der Waals surface area contributed by atoms with E-state index in [1.54, 1.807) is 24.3 Å². The van der Waals surface area contributed by atoms with Crippen LogP contribution in [0, 0.1) is 0 Å². The van der Waals surface area contributed by atoms with Crippen molar-refractivity contribution in [2.24, 2.45) is 0 Å². The third-order valence-corrected chi connectivity index (χ3v) is 6.16. The first-order chi connectivity index (χ1) is 12.8. The van der Waals surface area contributed by atoms with E-state index in [1.165, 1.54) is 24.3 Å². The number of nitrogens with one attached hydrogen (secondary N) is 1. The first kappa shape index (κ1) is 21.7. The number of carbonyl (C=O) groups is 1. The van der Waals surface area contributed by atoms with Crippen LogP contribution in [-0.4, -0.2) is 31.7 Å². The highest BCUT2D eigenvalue weighted by molar-refractivity contribution is 7.89. The number of halogens is 2. The molecule has 1 N–H and O–H groups in total. The quantitative estimate of drug-likeness (QED) is 0.611. The number of sulfonamides is 1. The molecule has 0 aliphatic heterocycles. The van der Waals surface area contributed by atoms with Crippen molar-refractivity contribution >= 4 is 39.1 Å². The predicted molar refractivity (Wildman–Crippen MR) is 108 cm³/mol. The number of unbranched alkanes of at least 4 members (excludes halogenated alkanes) is 1. The van der Waals surface area contributed by atoms with Crippen LogP contribution in [0.25, 0.3) is 0 Å². The topological polar surface area (TPSA) is 66.5 Å². The Kier molecular flexibility index (Phi) is 8.10. The second kappa shape index (κ2) is 10.1. The Morgan fingerprint density at radius 2 is 1.78 bits per heavy atom. The van der Waals surface area contributed by atoms with Gasteiger partial charge in [0.1, 0.15) is 0 Å². The van der Waals surface area contributed by atoms with Gasteiger partial charge >= 0.3 is 0 Å². The summed E-state index contributed by atoms with van der Waals surface area (Å²) in [6.45, 7) is 2.29. The first-order valence-corrected chi connectivity index (χ1v) is 10.8. The molecule has 0 radical (unpaired) electrons. The molecule has 0 unspecified atom stereocenters. The van der Waals surface area contributed by atoms with Crippen LogP contribution in [0.2, 0.25) is 10.0 Å². The molecular weight excluding hydrogens is 407 g/mol. The SMILES string of the molecule is CCCCNC(=O)CN(Cc1cccc(Cl)c1)S(=O)(=O)c1ccc(Cl)cc1. The lowest BCUT2D eigenvalue weighted by atomic mass is 10.2. The van der Waals surface area contributed by atoms with E-state index < -0.39 is 10.0 Å². The largest absolute Gasteiger partial charge is 0.355 e. The van der Waals surface area contributed by atoms with Crippen molar-refractivity contribution in [1.29, 1.82) is 0 Å². The second-order valence-corrected chi connectivity index (χ2v) is 8.87. The van der Waals surface area contributed by atoms with Gasteiger partial charge in [-0.05, 0) is 48.4 Å². The Hall–Kier alpha value is -1.60. The van der Waals surface area contributed by atoms with Crippen LogP contribution < -0.4 is 5.32 Å². The zero-order valence-corrected chi connectivity index (χ0v) is 17.3. The van der Waals surface area contributed by atoms with Gasteiger partial charge in [-0.25, -0.2) is 8.42 Å². The normalized spacial score (nSPS) is 11.6. The average Bonchev–Trinajstić information content (AvgIpc) is 2.62. The van der Waals surface area contributed by atoms with Crippen LogP contribution in [0.3, 0.4) is 0 Å². The number of hydrogen-bond donors (Lipinski definition) is 1. The lowest BCUT2D eigenvalue weighted by molar-refractivity contribution is -0.121. The Balaban J connectivity index is 2.27. The Morgan fingerprint density at radius 3 is 2.41 bits per heavy atom. The van der Waals surface area contributed by atoms with E-state index in [0.717, 1.165) is 17.1 Å². The molecular formula is C19H22Cl2N2O3S. The predicted octanol–water partition coefficient (Wildman–Crippen LogP) is 4.10. The summed E-state index contributed by atoms with van der Waals surface area (Å²) in [6.07, 6.45) is 1.78. The molecule has 2 aromatic rings. The summed E-state index contributed by atoms with van der Waals surface area (Å²) in [6, 6.07) is 12.8. The highest BCUT2D eigenvalue weighted by Crippen LogP contribution is 2.21. The van der Waals surface area contributed by atoms with Gasteiger partial charge in [0.25, 0.3) is 0 Å². The molecule has 0 spiro atoms. The van der Waals surface area contributed by atoms with Crippen LogP contribution in [0.15, 0.2) is 53.4 Å². The standard InChI is InChI=1S/C19H22Cl2N2O3S/c1-2-3-11-22-19(24)14-23(13-15-5-4-6-17(21)12-15)27(25,26)18-9-7-16(20)8-10-18/h4-10,12H,2-3,11,13-14H2,1H3,(H,22,24). The number of carbonyl (C=O) groups excluding carboxylic acids is 1. The molecule has 0 fully saturated rings. The average molecular weight is 429 g/mol. The van der Waals surface area contributed by atoms with Gasteiger partial charge in [0.2, 0.25) is 15.9 Å². The molecule has 146 valence electrons. The zero-order valence-electron chi connectivity index (χ0n) is 15.0. The van der Waals surface area contributed by atoms with E-state index >= 15 is 0 Å². The van der Waals surface area contributed by atoms with E-state index in [0.29, 0.717) is 22.2 Å². The van der Waals surface area contributed by atoms with E-state index in [-0.39, 0.29) is 23.9 Å². The molecule has 0 aromatic heterocycles. The van der Waals surface area contributed by atoms with Gasteiger partial charge < -0.3 is 5.32 Å². The molecule has 0 heterocycles. The van der Waals surface area contributed by atoms with Crippen molar-refractivity contribution < 1.29 is 13.2 Å². The third-order valence-electron chi connectivity index (χ3n) is 3.87. The summed E-state index contributed by atoms with van der Waals surface area (Å²) < 4.78 is 27.3. The number of hydrogen-bond acceptors (Lipinski definition) is 3. The van der Waals surface area contributed by atoms with Crippen molar-refractivity contribution in [3.05, 3.63) is 64.1 Å². The molecule has 0 aliphatic rings. The van der Waals surface area contributed by atoms with Crippen molar-refractivity contribution in [3.8, 4) is 0 Å². The number of amides is 1. The van der Waals surface area contributed by atoms with Gasteiger partial charge in [-0.2, -0.15) is 4.31 Å². The molecule has 0 atom stereocenters. The van der Waals surface area contributed by atoms with Crippen molar-refractivity contribution in [2.75, 3.05) is 13.1 Å². The van der Waals surface area contributed by atoms with E-state index in [2.05, 4.69) is 5.32 Å². The fraction of sp³-hybridized carbons (Fsp3) is 0.316. The lowest BCUT2D eigenvalue weighted by Crippen LogP contribution is -2.40. The van der Waals surface area contributed by atoms with Gasteiger partial charge in [-0.15, -0.1) is 0 Å². The lowest BCUT2D eigenvalue weighted by Gasteiger charge is -2.22. The maximum absolute atomic E-state index is 13.1. The van der Waals surface area contributed by atoms with Gasteiger partial charge in [0, 0.05) is 23.1 Å². The van der Waals surface area contributed by atoms with Gasteiger partial charge in [-0.3, -0.25) is 4.79 Å². The molecule has 2 rings (SSSR count). The van der Waals surface area contributed by atoms with E-state index in [9.17, 15) is 13.2 Å². The summed E-state index contributed by atoms with van der Waals surface area (Å²) in [5, 5.41) is 3.69. The summed E-state index contributed by atoms with van der Waals surface area (Å²) in [7, 11) is -3.88. The Bertz CT molecular complexity index is 871. The summed E-state index contributed by atoms with van der Waals surface area (Å²) in [4.78, 5) is 12.3. The smallest absolute Gasteiger partial charge is 0.243 e. The minimum atomic E-state index is -3.88. The Morgan fingerprint density at radius 1 is 1.07 bits per heavy atom. The van der Waals surface area contributed by atoms with Crippen LogP contribution in [-0.2, 0) is 21.4 Å². The van der Waals surface area contributed by atoms with Gasteiger partial charge in [0.15, 0.2) is 0 Å². The molecule has 0 saturated carbocycles. The molecule has 2 aromatic carbocycles. The zero-order chi connectivity index (χ0) is 19.9. The summed E-state index contributed by atoms with van der Waals surface area (Å²) >= 11 is 11.9. The minimum absolute atomic E-state index is 0.0344. The van der Waals surface area contributed by atoms with Crippen LogP contribution >= 0.6 is 23.2 Å². The van der Waals surface area contributed by atoms with Gasteiger partial charge in [0.05, 0.1) is 11.4 Å². The second-order valence-electron chi connectivity index (χ2n) is 6.06.